The minimum atomic E-state index is -1.08. The van der Waals surface area contributed by atoms with E-state index in [1.54, 1.807) is 0 Å². The maximum Gasteiger partial charge on any atom is 0.305 e. The highest BCUT2D eigenvalue weighted by molar-refractivity contribution is 8.01. The number of ketones is 1. The van der Waals surface area contributed by atoms with E-state index in [2.05, 4.69) is 5.32 Å². The molecule has 2 rings (SSSR count). The lowest BCUT2D eigenvalue weighted by Gasteiger charge is -2.32. The SMILES string of the molecule is CCCC(=O)OCCC1(NC(=O)c2ccc(F)cc2)C(=O)CSC1C. The zero-order chi connectivity index (χ0) is 18.4. The molecule has 0 aromatic heterocycles. The van der Waals surface area contributed by atoms with Crippen LogP contribution in [0.5, 0.6) is 0 Å². The quantitative estimate of drug-likeness (QED) is 0.750. The second kappa shape index (κ2) is 8.47. The summed E-state index contributed by atoms with van der Waals surface area (Å²) in [4.78, 5) is 36.5. The molecule has 0 saturated carbocycles. The molecule has 0 aliphatic carbocycles. The standard InChI is InChI=1S/C18H22FNO4S/c1-3-4-16(22)24-10-9-18(12(2)25-11-15(18)21)20-17(23)13-5-7-14(19)8-6-13/h5-8,12H,3-4,9-11H2,1-2H3,(H,20,23). The lowest BCUT2D eigenvalue weighted by Crippen LogP contribution is -2.58. The van der Waals surface area contributed by atoms with Crippen molar-refractivity contribution < 1.29 is 23.5 Å². The molecule has 2 unspecified atom stereocenters. The summed E-state index contributed by atoms with van der Waals surface area (Å²) in [5.41, 5.74) is -0.802. The zero-order valence-electron chi connectivity index (χ0n) is 14.3. The Morgan fingerprint density at radius 1 is 1.36 bits per heavy atom. The smallest absolute Gasteiger partial charge is 0.305 e. The van der Waals surface area contributed by atoms with Gasteiger partial charge >= 0.3 is 5.97 Å². The van der Waals surface area contributed by atoms with Gasteiger partial charge in [0.15, 0.2) is 5.78 Å². The van der Waals surface area contributed by atoms with Crippen LogP contribution in [0.3, 0.4) is 0 Å². The van der Waals surface area contributed by atoms with E-state index in [4.69, 9.17) is 4.74 Å². The van der Waals surface area contributed by atoms with E-state index in [1.807, 2.05) is 13.8 Å². The van der Waals surface area contributed by atoms with Crippen LogP contribution in [-0.2, 0) is 14.3 Å². The molecule has 136 valence electrons. The van der Waals surface area contributed by atoms with Crippen molar-refractivity contribution in [2.45, 2.75) is 43.9 Å². The van der Waals surface area contributed by atoms with Crippen LogP contribution in [0.4, 0.5) is 4.39 Å². The van der Waals surface area contributed by atoms with Crippen LogP contribution in [0.1, 0.15) is 43.5 Å². The minimum Gasteiger partial charge on any atom is -0.466 e. The van der Waals surface area contributed by atoms with Crippen LogP contribution in [0.2, 0.25) is 0 Å². The van der Waals surface area contributed by atoms with Crippen LogP contribution in [-0.4, -0.2) is 40.8 Å². The first-order valence-corrected chi connectivity index (χ1v) is 9.32. The molecule has 0 radical (unpaired) electrons. The first kappa shape index (κ1) is 19.4. The molecular weight excluding hydrogens is 345 g/mol. The number of rotatable bonds is 7. The maximum atomic E-state index is 13.0. The van der Waals surface area contributed by atoms with Crippen molar-refractivity contribution in [2.75, 3.05) is 12.4 Å². The molecule has 5 nitrogen and oxygen atoms in total. The van der Waals surface area contributed by atoms with Gasteiger partial charge in [0.2, 0.25) is 0 Å². The summed E-state index contributed by atoms with van der Waals surface area (Å²) in [5, 5.41) is 2.67. The lowest BCUT2D eigenvalue weighted by atomic mass is 9.87. The predicted octanol–water partition coefficient (Wildman–Crippen LogP) is 2.73. The molecule has 1 saturated heterocycles. The molecule has 1 aromatic rings. The number of esters is 1. The Balaban J connectivity index is 2.10. The highest BCUT2D eigenvalue weighted by atomic mass is 32.2. The van der Waals surface area contributed by atoms with Gasteiger partial charge in [-0.2, -0.15) is 0 Å². The topological polar surface area (TPSA) is 72.5 Å². The van der Waals surface area contributed by atoms with E-state index in [0.717, 1.165) is 0 Å². The number of ether oxygens (including phenoxy) is 1. The van der Waals surface area contributed by atoms with Gasteiger partial charge in [-0.15, -0.1) is 11.8 Å². The molecule has 2 atom stereocenters. The molecule has 0 spiro atoms. The third-order valence-corrected chi connectivity index (χ3v) is 5.64. The van der Waals surface area contributed by atoms with Crippen molar-refractivity contribution in [3.63, 3.8) is 0 Å². The van der Waals surface area contributed by atoms with Crippen LogP contribution >= 0.6 is 11.8 Å². The van der Waals surface area contributed by atoms with Crippen molar-refractivity contribution >= 4 is 29.4 Å². The summed E-state index contributed by atoms with van der Waals surface area (Å²) in [6.07, 6.45) is 1.24. The third-order valence-electron chi connectivity index (χ3n) is 4.31. The Hall–Kier alpha value is -1.89. The predicted molar refractivity (Wildman–Crippen MR) is 94.0 cm³/mol. The first-order chi connectivity index (χ1) is 11.9. The van der Waals surface area contributed by atoms with E-state index in [-0.39, 0.29) is 35.6 Å². The average molecular weight is 367 g/mol. The van der Waals surface area contributed by atoms with Crippen molar-refractivity contribution in [1.29, 1.82) is 0 Å². The number of hydrogen-bond acceptors (Lipinski definition) is 5. The van der Waals surface area contributed by atoms with Gasteiger partial charge in [-0.1, -0.05) is 13.8 Å². The summed E-state index contributed by atoms with van der Waals surface area (Å²) < 4.78 is 18.2. The molecule has 1 aliphatic rings. The summed E-state index contributed by atoms with van der Waals surface area (Å²) in [6, 6.07) is 5.14. The average Bonchev–Trinajstić information content (AvgIpc) is 2.84. The fraction of sp³-hybridized carbons (Fsp3) is 0.500. The second-order valence-corrected chi connectivity index (χ2v) is 7.36. The van der Waals surface area contributed by atoms with Crippen LogP contribution in [0.15, 0.2) is 24.3 Å². The molecule has 1 aromatic carbocycles. The molecule has 0 bridgehead atoms. The van der Waals surface area contributed by atoms with Gasteiger partial charge in [0.25, 0.3) is 5.91 Å². The van der Waals surface area contributed by atoms with Crippen molar-refractivity contribution in [2.24, 2.45) is 0 Å². The van der Waals surface area contributed by atoms with Gasteiger partial charge in [-0.25, -0.2) is 4.39 Å². The molecule has 1 heterocycles. The lowest BCUT2D eigenvalue weighted by molar-refractivity contribution is -0.144. The number of benzene rings is 1. The third kappa shape index (κ3) is 4.60. The number of Topliss-reactive ketones (excluding diaryl/α,β-unsaturated/α-hetero) is 1. The number of nitrogens with one attached hydrogen (secondary N) is 1. The summed E-state index contributed by atoms with van der Waals surface area (Å²) in [7, 11) is 0. The number of amides is 1. The number of carbonyl (C=O) groups excluding carboxylic acids is 3. The Bertz CT molecular complexity index is 649. The van der Waals surface area contributed by atoms with Gasteiger partial charge in [0, 0.05) is 23.7 Å². The zero-order valence-corrected chi connectivity index (χ0v) is 15.2. The summed E-state index contributed by atoms with van der Waals surface area (Å²) in [6.45, 7) is 3.82. The number of halogens is 1. The van der Waals surface area contributed by atoms with E-state index in [1.165, 1.54) is 36.0 Å². The molecule has 7 heteroatoms. The van der Waals surface area contributed by atoms with Gasteiger partial charge in [-0.3, -0.25) is 14.4 Å². The van der Waals surface area contributed by atoms with E-state index >= 15 is 0 Å². The largest absolute Gasteiger partial charge is 0.466 e. The molecule has 25 heavy (non-hydrogen) atoms. The maximum absolute atomic E-state index is 13.0. The van der Waals surface area contributed by atoms with Crippen LogP contribution < -0.4 is 5.32 Å². The number of thioether (sulfide) groups is 1. The van der Waals surface area contributed by atoms with E-state index < -0.39 is 17.3 Å². The van der Waals surface area contributed by atoms with E-state index in [0.29, 0.717) is 18.6 Å². The summed E-state index contributed by atoms with van der Waals surface area (Å²) in [5.74, 6) is -0.980. The second-order valence-electron chi connectivity index (χ2n) is 6.03. The Morgan fingerprint density at radius 3 is 2.60 bits per heavy atom. The Kier molecular flexibility index (Phi) is 6.58. The number of carbonyl (C=O) groups is 3. The van der Waals surface area contributed by atoms with Crippen molar-refractivity contribution in [1.82, 2.24) is 5.32 Å². The normalized spacial score (nSPS) is 22.7. The van der Waals surface area contributed by atoms with Crippen molar-refractivity contribution in [3.05, 3.63) is 35.6 Å². The monoisotopic (exact) mass is 367 g/mol. The van der Waals surface area contributed by atoms with E-state index in [9.17, 15) is 18.8 Å². The molecular formula is C18H22FNO4S. The number of hydrogen-bond donors (Lipinski definition) is 1. The Morgan fingerprint density at radius 2 is 2.04 bits per heavy atom. The van der Waals surface area contributed by atoms with Gasteiger partial charge < -0.3 is 10.1 Å². The molecule has 1 aliphatic heterocycles. The van der Waals surface area contributed by atoms with Crippen LogP contribution in [0, 0.1) is 5.82 Å². The van der Waals surface area contributed by atoms with Crippen LogP contribution in [0.25, 0.3) is 0 Å². The minimum absolute atomic E-state index is 0.0686. The Labute approximate surface area is 150 Å². The van der Waals surface area contributed by atoms with Gasteiger partial charge in [0.05, 0.1) is 12.4 Å². The summed E-state index contributed by atoms with van der Waals surface area (Å²) >= 11 is 1.46. The molecule has 1 fully saturated rings. The first-order valence-electron chi connectivity index (χ1n) is 8.27. The fourth-order valence-corrected chi connectivity index (χ4v) is 4.00. The highest BCUT2D eigenvalue weighted by Gasteiger charge is 2.49. The van der Waals surface area contributed by atoms with Gasteiger partial charge in [-0.05, 0) is 30.7 Å². The van der Waals surface area contributed by atoms with Gasteiger partial charge in [0.1, 0.15) is 11.4 Å². The molecule has 1 N–H and O–H groups in total. The highest BCUT2D eigenvalue weighted by Crippen LogP contribution is 2.36. The van der Waals surface area contributed by atoms with Crippen molar-refractivity contribution in [3.8, 4) is 0 Å². The molecule has 1 amide bonds. The fourth-order valence-electron chi connectivity index (χ4n) is 2.75.